The van der Waals surface area contributed by atoms with Crippen LogP contribution >= 0.6 is 11.6 Å². The summed E-state index contributed by atoms with van der Waals surface area (Å²) in [6.07, 6.45) is 0. The molecule has 6 heteroatoms. The van der Waals surface area contributed by atoms with E-state index in [0.717, 1.165) is 5.56 Å². The molecule has 2 aromatic rings. The van der Waals surface area contributed by atoms with Gasteiger partial charge in [-0.1, -0.05) is 11.6 Å². The highest BCUT2D eigenvalue weighted by Gasteiger charge is 2.13. The first-order valence-electron chi connectivity index (χ1n) is 7.88. The molecule has 0 aliphatic carbocycles. The van der Waals surface area contributed by atoms with Crippen LogP contribution in [0.4, 0.5) is 5.69 Å². The molecule has 0 saturated heterocycles. The van der Waals surface area contributed by atoms with Crippen LogP contribution in [-0.4, -0.2) is 25.0 Å². The Morgan fingerprint density at radius 1 is 1.04 bits per heavy atom. The van der Waals surface area contributed by atoms with Gasteiger partial charge < -0.3 is 15.4 Å². The lowest BCUT2D eigenvalue weighted by molar-refractivity contribution is 0.0941. The molecule has 2 rings (SSSR count). The SMILES string of the molecule is COc1cc(Cl)c(C)cc1NC(=O)c1ccc(C(=O)NC(C)C)cc1. The number of carbonyl (C=O) groups is 2. The number of methoxy groups -OCH3 is 1. The van der Waals surface area contributed by atoms with Crippen molar-refractivity contribution in [1.82, 2.24) is 5.32 Å². The van der Waals surface area contributed by atoms with E-state index in [-0.39, 0.29) is 17.9 Å². The van der Waals surface area contributed by atoms with Crippen molar-refractivity contribution in [3.63, 3.8) is 0 Å². The van der Waals surface area contributed by atoms with Gasteiger partial charge in [-0.25, -0.2) is 0 Å². The molecule has 0 aliphatic rings. The smallest absolute Gasteiger partial charge is 0.255 e. The molecule has 0 saturated carbocycles. The maximum atomic E-state index is 12.4. The normalized spacial score (nSPS) is 10.5. The van der Waals surface area contributed by atoms with Gasteiger partial charge >= 0.3 is 0 Å². The molecule has 0 unspecified atom stereocenters. The minimum atomic E-state index is -0.296. The van der Waals surface area contributed by atoms with Crippen molar-refractivity contribution in [3.05, 3.63) is 58.1 Å². The average Bonchev–Trinajstić information content (AvgIpc) is 2.57. The van der Waals surface area contributed by atoms with Crippen molar-refractivity contribution < 1.29 is 14.3 Å². The zero-order chi connectivity index (χ0) is 18.6. The third-order valence-corrected chi connectivity index (χ3v) is 3.97. The zero-order valence-corrected chi connectivity index (χ0v) is 15.4. The molecule has 2 N–H and O–H groups in total. The summed E-state index contributed by atoms with van der Waals surface area (Å²) >= 11 is 6.07. The molecule has 0 radical (unpaired) electrons. The Morgan fingerprint density at radius 3 is 2.12 bits per heavy atom. The van der Waals surface area contributed by atoms with E-state index in [1.54, 1.807) is 36.4 Å². The molecule has 2 amide bonds. The number of halogens is 1. The molecule has 0 heterocycles. The molecule has 0 bridgehead atoms. The predicted molar refractivity (Wildman–Crippen MR) is 99.7 cm³/mol. The van der Waals surface area contributed by atoms with Gasteiger partial charge in [0.25, 0.3) is 11.8 Å². The second-order valence-corrected chi connectivity index (χ2v) is 6.37. The number of amides is 2. The number of hydrogen-bond donors (Lipinski definition) is 2. The molecule has 0 spiro atoms. The molecular formula is C19H21ClN2O3. The Kier molecular flexibility index (Phi) is 6.04. The van der Waals surface area contributed by atoms with Crippen molar-refractivity contribution in [2.24, 2.45) is 0 Å². The van der Waals surface area contributed by atoms with Gasteiger partial charge in [0.2, 0.25) is 0 Å². The number of anilines is 1. The van der Waals surface area contributed by atoms with Crippen molar-refractivity contribution in [2.45, 2.75) is 26.8 Å². The Hall–Kier alpha value is -2.53. The fourth-order valence-corrected chi connectivity index (χ4v) is 2.40. The standard InChI is InChI=1S/C19H21ClN2O3/c1-11(2)21-18(23)13-5-7-14(8-6-13)19(24)22-16-9-12(3)15(20)10-17(16)25-4/h5-11H,1-4H3,(H,21,23)(H,22,24). The zero-order valence-electron chi connectivity index (χ0n) is 14.6. The van der Waals surface area contributed by atoms with E-state index < -0.39 is 0 Å². The van der Waals surface area contributed by atoms with E-state index in [2.05, 4.69) is 10.6 Å². The third kappa shape index (κ3) is 4.73. The van der Waals surface area contributed by atoms with E-state index in [1.165, 1.54) is 7.11 Å². The highest BCUT2D eigenvalue weighted by atomic mass is 35.5. The Bertz CT molecular complexity index is 786. The van der Waals surface area contributed by atoms with E-state index in [0.29, 0.717) is 27.6 Å². The summed E-state index contributed by atoms with van der Waals surface area (Å²) in [7, 11) is 1.51. The summed E-state index contributed by atoms with van der Waals surface area (Å²) in [6, 6.07) is 9.93. The van der Waals surface area contributed by atoms with Crippen molar-refractivity contribution in [1.29, 1.82) is 0 Å². The van der Waals surface area contributed by atoms with Gasteiger partial charge in [-0.2, -0.15) is 0 Å². The van der Waals surface area contributed by atoms with Crippen molar-refractivity contribution in [2.75, 3.05) is 12.4 Å². The van der Waals surface area contributed by atoms with E-state index in [9.17, 15) is 9.59 Å². The minimum absolute atomic E-state index is 0.0519. The van der Waals surface area contributed by atoms with Crippen LogP contribution < -0.4 is 15.4 Å². The largest absolute Gasteiger partial charge is 0.495 e. The van der Waals surface area contributed by atoms with Crippen LogP contribution in [0.1, 0.15) is 40.1 Å². The van der Waals surface area contributed by atoms with Crippen LogP contribution in [0.2, 0.25) is 5.02 Å². The summed E-state index contributed by atoms with van der Waals surface area (Å²) in [6.45, 7) is 5.63. The predicted octanol–water partition coefficient (Wildman–Crippen LogP) is 4.05. The number of benzene rings is 2. The van der Waals surface area contributed by atoms with Crippen LogP contribution in [0, 0.1) is 6.92 Å². The van der Waals surface area contributed by atoms with Gasteiger partial charge in [-0.15, -0.1) is 0 Å². The van der Waals surface area contributed by atoms with Gasteiger partial charge in [0, 0.05) is 28.3 Å². The summed E-state index contributed by atoms with van der Waals surface area (Å²) in [5.41, 5.74) is 2.32. The van der Waals surface area contributed by atoms with Crippen LogP contribution in [0.5, 0.6) is 5.75 Å². The Labute approximate surface area is 152 Å². The van der Waals surface area contributed by atoms with E-state index in [4.69, 9.17) is 16.3 Å². The summed E-state index contributed by atoms with van der Waals surface area (Å²) < 4.78 is 5.25. The van der Waals surface area contributed by atoms with Gasteiger partial charge in [-0.3, -0.25) is 9.59 Å². The quantitative estimate of drug-likeness (QED) is 0.845. The number of aryl methyl sites for hydroxylation is 1. The van der Waals surface area contributed by atoms with Crippen LogP contribution in [0.3, 0.4) is 0 Å². The van der Waals surface area contributed by atoms with Gasteiger partial charge in [0.15, 0.2) is 0 Å². The number of rotatable bonds is 5. The lowest BCUT2D eigenvalue weighted by Crippen LogP contribution is -2.30. The van der Waals surface area contributed by atoms with E-state index in [1.807, 2.05) is 20.8 Å². The van der Waals surface area contributed by atoms with Gasteiger partial charge in [0.1, 0.15) is 5.75 Å². The number of carbonyl (C=O) groups excluding carboxylic acids is 2. The monoisotopic (exact) mass is 360 g/mol. The van der Waals surface area contributed by atoms with Crippen LogP contribution in [0.15, 0.2) is 36.4 Å². The lowest BCUT2D eigenvalue weighted by Gasteiger charge is -2.13. The summed E-state index contributed by atoms with van der Waals surface area (Å²) in [5.74, 6) is 0.0182. The third-order valence-electron chi connectivity index (χ3n) is 3.56. The number of nitrogens with one attached hydrogen (secondary N) is 2. The summed E-state index contributed by atoms with van der Waals surface area (Å²) in [4.78, 5) is 24.4. The highest BCUT2D eigenvalue weighted by molar-refractivity contribution is 6.31. The fourth-order valence-electron chi connectivity index (χ4n) is 2.24. The molecule has 0 aliphatic heterocycles. The maximum Gasteiger partial charge on any atom is 0.255 e. The van der Waals surface area contributed by atoms with Gasteiger partial charge in [-0.05, 0) is 56.7 Å². The second kappa shape index (κ2) is 8.03. The molecule has 132 valence electrons. The van der Waals surface area contributed by atoms with Crippen LogP contribution in [-0.2, 0) is 0 Å². The molecule has 0 fully saturated rings. The molecule has 2 aromatic carbocycles. The first kappa shape index (κ1) is 18.8. The lowest BCUT2D eigenvalue weighted by atomic mass is 10.1. The highest BCUT2D eigenvalue weighted by Crippen LogP contribution is 2.31. The van der Waals surface area contributed by atoms with Crippen molar-refractivity contribution >= 4 is 29.1 Å². The van der Waals surface area contributed by atoms with Crippen molar-refractivity contribution in [3.8, 4) is 5.75 Å². The first-order chi connectivity index (χ1) is 11.8. The first-order valence-corrected chi connectivity index (χ1v) is 8.26. The number of ether oxygens (including phenoxy) is 1. The maximum absolute atomic E-state index is 12.4. The molecule has 0 aromatic heterocycles. The minimum Gasteiger partial charge on any atom is -0.495 e. The Morgan fingerprint density at radius 2 is 1.60 bits per heavy atom. The second-order valence-electron chi connectivity index (χ2n) is 5.96. The fraction of sp³-hybridized carbons (Fsp3) is 0.263. The molecular weight excluding hydrogens is 340 g/mol. The molecule has 25 heavy (non-hydrogen) atoms. The molecule has 0 atom stereocenters. The van der Waals surface area contributed by atoms with Crippen LogP contribution in [0.25, 0.3) is 0 Å². The number of hydrogen-bond acceptors (Lipinski definition) is 3. The van der Waals surface area contributed by atoms with E-state index >= 15 is 0 Å². The molecule has 5 nitrogen and oxygen atoms in total. The average molecular weight is 361 g/mol. The van der Waals surface area contributed by atoms with Gasteiger partial charge in [0.05, 0.1) is 12.8 Å². The topological polar surface area (TPSA) is 67.4 Å². The Balaban J connectivity index is 2.16. The summed E-state index contributed by atoms with van der Waals surface area (Å²) in [5, 5.41) is 6.17.